The highest BCUT2D eigenvalue weighted by atomic mass is 16.5. The molecule has 0 aromatic carbocycles. The highest BCUT2D eigenvalue weighted by Gasteiger charge is 2.22. The molecule has 0 bridgehead atoms. The molecule has 0 N–H and O–H groups in total. The second kappa shape index (κ2) is 6.17. The summed E-state index contributed by atoms with van der Waals surface area (Å²) in [6, 6.07) is 3.49. The Balaban J connectivity index is 2.00. The molecule has 6 heteroatoms. The number of amides is 2. The summed E-state index contributed by atoms with van der Waals surface area (Å²) in [6.45, 7) is 2.27. The van der Waals surface area contributed by atoms with Crippen molar-refractivity contribution in [2.75, 3.05) is 33.3 Å². The maximum absolute atomic E-state index is 12.2. The summed E-state index contributed by atoms with van der Waals surface area (Å²) < 4.78 is 4.70. The van der Waals surface area contributed by atoms with Gasteiger partial charge in [0.05, 0.1) is 12.7 Å². The van der Waals surface area contributed by atoms with Crippen LogP contribution in [0.3, 0.4) is 0 Å². The van der Waals surface area contributed by atoms with Crippen LogP contribution in [0.2, 0.25) is 0 Å². The number of hydrogen-bond donors (Lipinski definition) is 0. The SMILES string of the molecule is COC(=O)N1CCCN(C(=O)c2cccnc2)CC1. The van der Waals surface area contributed by atoms with Crippen molar-refractivity contribution in [1.29, 1.82) is 0 Å². The Labute approximate surface area is 112 Å². The van der Waals surface area contributed by atoms with Gasteiger partial charge < -0.3 is 14.5 Å². The molecule has 6 nitrogen and oxygen atoms in total. The van der Waals surface area contributed by atoms with Crippen LogP contribution in [0, 0.1) is 0 Å². The summed E-state index contributed by atoms with van der Waals surface area (Å²) >= 11 is 0. The first-order valence-corrected chi connectivity index (χ1v) is 6.24. The van der Waals surface area contributed by atoms with Crippen LogP contribution >= 0.6 is 0 Å². The molecule has 0 unspecified atom stereocenters. The fourth-order valence-corrected chi connectivity index (χ4v) is 2.10. The average molecular weight is 263 g/mol. The molecule has 0 aliphatic carbocycles. The van der Waals surface area contributed by atoms with E-state index in [1.54, 1.807) is 34.3 Å². The predicted octanol–water partition coefficient (Wildman–Crippen LogP) is 0.996. The van der Waals surface area contributed by atoms with Gasteiger partial charge >= 0.3 is 6.09 Å². The van der Waals surface area contributed by atoms with Crippen LogP contribution in [-0.4, -0.2) is 60.1 Å². The lowest BCUT2D eigenvalue weighted by Crippen LogP contribution is -2.37. The molecule has 0 atom stereocenters. The van der Waals surface area contributed by atoms with Gasteiger partial charge in [0.15, 0.2) is 0 Å². The van der Waals surface area contributed by atoms with E-state index in [0.717, 1.165) is 6.42 Å². The Kier molecular flexibility index (Phi) is 4.33. The zero-order chi connectivity index (χ0) is 13.7. The lowest BCUT2D eigenvalue weighted by atomic mass is 10.2. The standard InChI is InChI=1S/C13H17N3O3/c1-19-13(18)16-7-3-6-15(8-9-16)12(17)11-4-2-5-14-10-11/h2,4-5,10H,3,6-9H2,1H3. The fourth-order valence-electron chi connectivity index (χ4n) is 2.10. The van der Waals surface area contributed by atoms with Gasteiger partial charge in [0.1, 0.15) is 0 Å². The summed E-state index contributed by atoms with van der Waals surface area (Å²) in [5, 5.41) is 0. The molecule has 1 fully saturated rings. The maximum Gasteiger partial charge on any atom is 0.409 e. The van der Waals surface area contributed by atoms with Crippen molar-refractivity contribution in [2.45, 2.75) is 6.42 Å². The molecule has 0 radical (unpaired) electrons. The van der Waals surface area contributed by atoms with Gasteiger partial charge in [-0.15, -0.1) is 0 Å². The van der Waals surface area contributed by atoms with Crippen molar-refractivity contribution < 1.29 is 14.3 Å². The van der Waals surface area contributed by atoms with Gasteiger partial charge in [-0.25, -0.2) is 4.79 Å². The van der Waals surface area contributed by atoms with Gasteiger partial charge in [0.2, 0.25) is 0 Å². The van der Waals surface area contributed by atoms with Crippen molar-refractivity contribution in [3.8, 4) is 0 Å². The zero-order valence-corrected chi connectivity index (χ0v) is 10.9. The van der Waals surface area contributed by atoms with Gasteiger partial charge in [-0.1, -0.05) is 0 Å². The average Bonchev–Trinajstić information content (AvgIpc) is 2.72. The van der Waals surface area contributed by atoms with Gasteiger partial charge in [-0.05, 0) is 18.6 Å². The van der Waals surface area contributed by atoms with E-state index >= 15 is 0 Å². The van der Waals surface area contributed by atoms with E-state index in [0.29, 0.717) is 31.7 Å². The summed E-state index contributed by atoms with van der Waals surface area (Å²) in [6.07, 6.45) is 3.61. The molecule has 2 amide bonds. The van der Waals surface area contributed by atoms with Crippen LogP contribution in [0.1, 0.15) is 16.8 Å². The van der Waals surface area contributed by atoms with E-state index in [9.17, 15) is 9.59 Å². The second-order valence-electron chi connectivity index (χ2n) is 4.34. The molecular formula is C13H17N3O3. The molecule has 2 heterocycles. The van der Waals surface area contributed by atoms with Crippen LogP contribution in [0.4, 0.5) is 4.79 Å². The smallest absolute Gasteiger partial charge is 0.409 e. The first-order chi connectivity index (χ1) is 9.22. The van der Waals surface area contributed by atoms with E-state index in [4.69, 9.17) is 4.74 Å². The molecular weight excluding hydrogens is 246 g/mol. The predicted molar refractivity (Wildman–Crippen MR) is 68.7 cm³/mol. The van der Waals surface area contributed by atoms with Gasteiger partial charge in [0.25, 0.3) is 5.91 Å². The molecule has 19 heavy (non-hydrogen) atoms. The summed E-state index contributed by atoms with van der Waals surface area (Å²) in [4.78, 5) is 31.0. The lowest BCUT2D eigenvalue weighted by Gasteiger charge is -2.21. The Morgan fingerprint density at radius 3 is 2.63 bits per heavy atom. The Hall–Kier alpha value is -2.11. The highest BCUT2D eigenvalue weighted by molar-refractivity contribution is 5.93. The fraction of sp³-hybridized carbons (Fsp3) is 0.462. The third kappa shape index (κ3) is 3.21. The summed E-state index contributed by atoms with van der Waals surface area (Å²) in [7, 11) is 1.37. The Morgan fingerprint density at radius 2 is 1.95 bits per heavy atom. The minimum absolute atomic E-state index is 0.0418. The quantitative estimate of drug-likeness (QED) is 0.758. The topological polar surface area (TPSA) is 62.7 Å². The number of rotatable bonds is 1. The number of aromatic nitrogens is 1. The third-order valence-corrected chi connectivity index (χ3v) is 3.12. The van der Waals surface area contributed by atoms with Crippen LogP contribution in [-0.2, 0) is 4.74 Å². The number of carbonyl (C=O) groups is 2. The normalized spacial score (nSPS) is 15.8. The van der Waals surface area contributed by atoms with Crippen LogP contribution in [0.15, 0.2) is 24.5 Å². The number of pyridine rings is 1. The number of nitrogens with zero attached hydrogens (tertiary/aromatic N) is 3. The first-order valence-electron chi connectivity index (χ1n) is 6.24. The van der Waals surface area contributed by atoms with E-state index in [1.807, 2.05) is 0 Å². The number of carbonyl (C=O) groups excluding carboxylic acids is 2. The molecule has 1 aliphatic rings. The van der Waals surface area contributed by atoms with Crippen LogP contribution in [0.5, 0.6) is 0 Å². The van der Waals surface area contributed by atoms with Gasteiger partial charge in [-0.2, -0.15) is 0 Å². The van der Waals surface area contributed by atoms with Crippen molar-refractivity contribution >= 4 is 12.0 Å². The third-order valence-electron chi connectivity index (χ3n) is 3.12. The van der Waals surface area contributed by atoms with Crippen molar-refractivity contribution in [3.63, 3.8) is 0 Å². The van der Waals surface area contributed by atoms with E-state index in [1.165, 1.54) is 7.11 Å². The van der Waals surface area contributed by atoms with Crippen molar-refractivity contribution in [3.05, 3.63) is 30.1 Å². The number of methoxy groups -OCH3 is 1. The minimum atomic E-state index is -0.337. The monoisotopic (exact) mass is 263 g/mol. The largest absolute Gasteiger partial charge is 0.453 e. The van der Waals surface area contributed by atoms with E-state index in [2.05, 4.69) is 4.98 Å². The first kappa shape index (κ1) is 13.3. The van der Waals surface area contributed by atoms with Crippen molar-refractivity contribution in [1.82, 2.24) is 14.8 Å². The molecule has 0 saturated carbocycles. The molecule has 1 aliphatic heterocycles. The van der Waals surface area contributed by atoms with Crippen LogP contribution in [0.25, 0.3) is 0 Å². The lowest BCUT2D eigenvalue weighted by molar-refractivity contribution is 0.0757. The maximum atomic E-state index is 12.2. The zero-order valence-electron chi connectivity index (χ0n) is 10.9. The minimum Gasteiger partial charge on any atom is -0.453 e. The van der Waals surface area contributed by atoms with Crippen LogP contribution < -0.4 is 0 Å². The Morgan fingerprint density at radius 1 is 1.21 bits per heavy atom. The molecule has 2 rings (SSSR count). The molecule has 1 aromatic heterocycles. The molecule has 102 valence electrons. The summed E-state index contributed by atoms with van der Waals surface area (Å²) in [5.74, 6) is -0.0418. The number of hydrogen-bond acceptors (Lipinski definition) is 4. The van der Waals surface area contributed by atoms with E-state index < -0.39 is 0 Å². The molecule has 1 saturated heterocycles. The molecule has 1 aromatic rings. The van der Waals surface area contributed by atoms with Crippen molar-refractivity contribution in [2.24, 2.45) is 0 Å². The number of ether oxygens (including phenoxy) is 1. The van der Waals surface area contributed by atoms with E-state index in [-0.39, 0.29) is 12.0 Å². The Bertz CT molecular complexity index is 450. The van der Waals surface area contributed by atoms with Gasteiger partial charge in [-0.3, -0.25) is 9.78 Å². The summed E-state index contributed by atoms with van der Waals surface area (Å²) in [5.41, 5.74) is 0.578. The second-order valence-corrected chi connectivity index (χ2v) is 4.34. The van der Waals surface area contributed by atoms with Gasteiger partial charge in [0, 0.05) is 38.6 Å². The highest BCUT2D eigenvalue weighted by Crippen LogP contribution is 2.09. The molecule has 0 spiro atoms.